The van der Waals surface area contributed by atoms with Crippen LogP contribution in [0.25, 0.3) is 0 Å². The first-order valence-electron chi connectivity index (χ1n) is 7.07. The zero-order valence-corrected chi connectivity index (χ0v) is 12.9. The molecule has 1 saturated carbocycles. The van der Waals surface area contributed by atoms with Gasteiger partial charge in [-0.1, -0.05) is 0 Å². The Labute approximate surface area is 129 Å². The molecule has 0 saturated heterocycles. The Kier molecular flexibility index (Phi) is 4.27. The number of nitrogens with zero attached hydrogens (tertiary/aromatic N) is 1. The van der Waals surface area contributed by atoms with E-state index in [1.54, 1.807) is 20.8 Å². The van der Waals surface area contributed by atoms with Crippen LogP contribution in [0.15, 0.2) is 18.2 Å². The number of hydrogen-bond donors (Lipinski definition) is 1. The summed E-state index contributed by atoms with van der Waals surface area (Å²) in [6, 6.07) is 5.66. The van der Waals surface area contributed by atoms with Gasteiger partial charge in [0.2, 0.25) is 0 Å². The molecular formula is C16H19FN2O3. The summed E-state index contributed by atoms with van der Waals surface area (Å²) in [6.07, 6.45) is 1.05. The van der Waals surface area contributed by atoms with E-state index in [1.165, 1.54) is 12.1 Å². The molecule has 0 aromatic heterocycles. The predicted molar refractivity (Wildman–Crippen MR) is 77.9 cm³/mol. The summed E-state index contributed by atoms with van der Waals surface area (Å²) in [5.41, 5.74) is -0.900. The van der Waals surface area contributed by atoms with Gasteiger partial charge in [-0.15, -0.1) is 0 Å². The van der Waals surface area contributed by atoms with Crippen LogP contribution in [-0.2, 0) is 4.74 Å². The molecule has 5 nitrogen and oxygen atoms in total. The van der Waals surface area contributed by atoms with Gasteiger partial charge >= 0.3 is 6.09 Å². The van der Waals surface area contributed by atoms with Crippen molar-refractivity contribution in [2.45, 2.75) is 44.8 Å². The van der Waals surface area contributed by atoms with E-state index in [4.69, 9.17) is 14.7 Å². The zero-order valence-electron chi connectivity index (χ0n) is 12.9. The van der Waals surface area contributed by atoms with Gasteiger partial charge in [-0.3, -0.25) is 0 Å². The van der Waals surface area contributed by atoms with Crippen molar-refractivity contribution in [1.29, 1.82) is 5.26 Å². The van der Waals surface area contributed by atoms with Crippen LogP contribution in [0.3, 0.4) is 0 Å². The molecule has 1 fully saturated rings. The SMILES string of the molecule is CC(C)(C)OC(=O)NC1(COc2ccc(F)cc2C#N)CC1. The van der Waals surface area contributed by atoms with Crippen LogP contribution in [0.1, 0.15) is 39.2 Å². The van der Waals surface area contributed by atoms with E-state index in [1.807, 2.05) is 6.07 Å². The second kappa shape index (κ2) is 5.84. The molecule has 118 valence electrons. The standard InChI is InChI=1S/C16H19FN2O3/c1-15(2,3)22-14(20)19-16(6-7-16)10-21-13-5-4-12(17)8-11(13)9-18/h4-5,8H,6-7,10H2,1-3H3,(H,19,20). The molecule has 0 bridgehead atoms. The van der Waals surface area contributed by atoms with E-state index in [2.05, 4.69) is 5.32 Å². The quantitative estimate of drug-likeness (QED) is 0.927. The number of benzene rings is 1. The van der Waals surface area contributed by atoms with E-state index in [0.29, 0.717) is 5.75 Å². The van der Waals surface area contributed by atoms with Gasteiger partial charge in [0.1, 0.15) is 29.8 Å². The molecular weight excluding hydrogens is 287 g/mol. The number of nitriles is 1. The average molecular weight is 306 g/mol. The van der Waals surface area contributed by atoms with Crippen LogP contribution in [0.2, 0.25) is 0 Å². The summed E-state index contributed by atoms with van der Waals surface area (Å²) >= 11 is 0. The number of carbonyl (C=O) groups excluding carboxylic acids is 1. The number of alkyl carbamates (subject to hydrolysis) is 1. The number of carbonyl (C=O) groups is 1. The maximum absolute atomic E-state index is 13.1. The minimum Gasteiger partial charge on any atom is -0.490 e. The number of hydrogen-bond acceptors (Lipinski definition) is 4. The van der Waals surface area contributed by atoms with Crippen molar-refractivity contribution < 1.29 is 18.7 Å². The van der Waals surface area contributed by atoms with Crippen LogP contribution in [0.5, 0.6) is 5.75 Å². The van der Waals surface area contributed by atoms with E-state index in [0.717, 1.165) is 18.9 Å². The topological polar surface area (TPSA) is 71.3 Å². The monoisotopic (exact) mass is 306 g/mol. The number of rotatable bonds is 4. The van der Waals surface area contributed by atoms with Crippen LogP contribution in [0, 0.1) is 17.1 Å². The molecule has 1 aliphatic rings. The smallest absolute Gasteiger partial charge is 0.408 e. The van der Waals surface area contributed by atoms with Gasteiger partial charge in [-0.2, -0.15) is 5.26 Å². The Morgan fingerprint density at radius 1 is 1.45 bits per heavy atom. The first-order valence-corrected chi connectivity index (χ1v) is 7.07. The van der Waals surface area contributed by atoms with Gasteiger partial charge in [0.05, 0.1) is 11.1 Å². The van der Waals surface area contributed by atoms with Crippen molar-refractivity contribution in [3.05, 3.63) is 29.6 Å². The third-order valence-electron chi connectivity index (χ3n) is 3.19. The average Bonchev–Trinajstić information content (AvgIpc) is 3.14. The van der Waals surface area contributed by atoms with Crippen molar-refractivity contribution in [1.82, 2.24) is 5.32 Å². The summed E-state index contributed by atoms with van der Waals surface area (Å²) < 4.78 is 23.9. The molecule has 1 aromatic carbocycles. The maximum Gasteiger partial charge on any atom is 0.408 e. The van der Waals surface area contributed by atoms with E-state index in [-0.39, 0.29) is 12.2 Å². The van der Waals surface area contributed by atoms with Crippen molar-refractivity contribution in [3.8, 4) is 11.8 Å². The van der Waals surface area contributed by atoms with Crippen LogP contribution < -0.4 is 10.1 Å². The summed E-state index contributed by atoms with van der Waals surface area (Å²) in [6.45, 7) is 5.59. The summed E-state index contributed by atoms with van der Waals surface area (Å²) in [7, 11) is 0. The minimum atomic E-state index is -0.564. The van der Waals surface area contributed by atoms with Crippen LogP contribution in [0.4, 0.5) is 9.18 Å². The molecule has 0 spiro atoms. The second-order valence-electron chi connectivity index (χ2n) is 6.45. The van der Waals surface area contributed by atoms with Crippen molar-refractivity contribution in [3.63, 3.8) is 0 Å². The highest BCUT2D eigenvalue weighted by Crippen LogP contribution is 2.36. The van der Waals surface area contributed by atoms with Crippen LogP contribution >= 0.6 is 0 Å². The number of amides is 1. The lowest BCUT2D eigenvalue weighted by molar-refractivity contribution is 0.0477. The molecule has 0 unspecified atom stereocenters. The molecule has 0 radical (unpaired) electrons. The van der Waals surface area contributed by atoms with Crippen LogP contribution in [-0.4, -0.2) is 23.8 Å². The molecule has 0 heterocycles. The first kappa shape index (κ1) is 16.1. The summed E-state index contributed by atoms with van der Waals surface area (Å²) in [5, 5.41) is 11.8. The van der Waals surface area contributed by atoms with Gasteiger partial charge in [-0.25, -0.2) is 9.18 Å². The second-order valence-corrected chi connectivity index (χ2v) is 6.45. The molecule has 0 aliphatic heterocycles. The minimum absolute atomic E-state index is 0.132. The largest absolute Gasteiger partial charge is 0.490 e. The predicted octanol–water partition coefficient (Wildman–Crippen LogP) is 3.13. The molecule has 6 heteroatoms. The Bertz CT molecular complexity index is 613. The third kappa shape index (κ3) is 4.35. The summed E-state index contributed by atoms with van der Waals surface area (Å²) in [4.78, 5) is 11.8. The number of nitrogens with one attached hydrogen (secondary N) is 1. The van der Waals surface area contributed by atoms with Gasteiger partial charge in [0, 0.05) is 0 Å². The Morgan fingerprint density at radius 3 is 2.68 bits per heavy atom. The van der Waals surface area contributed by atoms with Gasteiger partial charge in [-0.05, 0) is 51.8 Å². The molecule has 1 aromatic rings. The molecule has 2 rings (SSSR count). The molecule has 1 amide bonds. The molecule has 0 atom stereocenters. The molecule has 1 aliphatic carbocycles. The van der Waals surface area contributed by atoms with E-state index in [9.17, 15) is 9.18 Å². The Balaban J connectivity index is 1.94. The maximum atomic E-state index is 13.1. The van der Waals surface area contributed by atoms with Crippen molar-refractivity contribution in [2.24, 2.45) is 0 Å². The highest BCUT2D eigenvalue weighted by Gasteiger charge is 2.46. The molecule has 22 heavy (non-hydrogen) atoms. The van der Waals surface area contributed by atoms with Crippen molar-refractivity contribution in [2.75, 3.05) is 6.61 Å². The lowest BCUT2D eigenvalue weighted by atomic mass is 10.2. The highest BCUT2D eigenvalue weighted by molar-refractivity contribution is 5.69. The fourth-order valence-electron chi connectivity index (χ4n) is 1.91. The van der Waals surface area contributed by atoms with Gasteiger partial charge in [0.15, 0.2) is 0 Å². The lowest BCUT2D eigenvalue weighted by Crippen LogP contribution is -2.44. The normalized spacial score (nSPS) is 15.6. The Hall–Kier alpha value is -2.29. The van der Waals surface area contributed by atoms with Gasteiger partial charge in [0.25, 0.3) is 0 Å². The van der Waals surface area contributed by atoms with Gasteiger partial charge < -0.3 is 14.8 Å². The zero-order chi connectivity index (χ0) is 16.4. The fraction of sp³-hybridized carbons (Fsp3) is 0.500. The van der Waals surface area contributed by atoms with E-state index >= 15 is 0 Å². The lowest BCUT2D eigenvalue weighted by Gasteiger charge is -2.23. The fourth-order valence-corrected chi connectivity index (χ4v) is 1.91. The third-order valence-corrected chi connectivity index (χ3v) is 3.19. The van der Waals surface area contributed by atoms with Crippen molar-refractivity contribution >= 4 is 6.09 Å². The van der Waals surface area contributed by atoms with E-state index < -0.39 is 23.1 Å². The molecule has 1 N–H and O–H groups in total. The highest BCUT2D eigenvalue weighted by atomic mass is 19.1. The Morgan fingerprint density at radius 2 is 2.14 bits per heavy atom. The number of halogens is 1. The first-order chi connectivity index (χ1) is 10.2. The summed E-state index contributed by atoms with van der Waals surface area (Å²) in [5.74, 6) is -0.182. The number of ether oxygens (including phenoxy) is 2.